The highest BCUT2D eigenvalue weighted by molar-refractivity contribution is 7.49. The van der Waals surface area contributed by atoms with Gasteiger partial charge in [0.25, 0.3) is 0 Å². The Bertz CT molecular complexity index is 1010. The average molecular weight is 549 g/mol. The van der Waals surface area contributed by atoms with Gasteiger partial charge in [-0.15, -0.1) is 0 Å². The van der Waals surface area contributed by atoms with E-state index in [1.807, 2.05) is 0 Å². The SMILES string of the molecule is O=P(Oc1ccc(CC(O)CO)cc1)(Oc1ccc(CC(O)CO)cc1)Oc1ccc(CC(O)CO)cc1. The monoisotopic (exact) mass is 548 g/mol. The number of aliphatic hydroxyl groups is 6. The van der Waals surface area contributed by atoms with Crippen molar-refractivity contribution < 1.29 is 48.8 Å². The average Bonchev–Trinajstić information content (AvgIpc) is 2.91. The fourth-order valence-corrected chi connectivity index (χ4v) is 4.76. The van der Waals surface area contributed by atoms with Crippen molar-refractivity contribution in [1.29, 1.82) is 0 Å². The first-order valence-electron chi connectivity index (χ1n) is 12.0. The van der Waals surface area contributed by atoms with E-state index in [9.17, 15) is 19.9 Å². The van der Waals surface area contributed by atoms with E-state index in [0.717, 1.165) is 16.7 Å². The Kier molecular flexibility index (Phi) is 11.1. The number of aliphatic hydroxyl groups excluding tert-OH is 6. The predicted molar refractivity (Wildman–Crippen MR) is 139 cm³/mol. The summed E-state index contributed by atoms with van der Waals surface area (Å²) in [5.74, 6) is 0.544. The lowest BCUT2D eigenvalue weighted by Gasteiger charge is -2.20. The van der Waals surface area contributed by atoms with Crippen LogP contribution in [0.4, 0.5) is 0 Å². The van der Waals surface area contributed by atoms with E-state index in [1.54, 1.807) is 36.4 Å². The molecule has 3 atom stereocenters. The molecule has 3 rings (SSSR count). The van der Waals surface area contributed by atoms with E-state index in [0.29, 0.717) is 0 Å². The van der Waals surface area contributed by atoms with Crippen LogP contribution in [0.3, 0.4) is 0 Å². The maximum atomic E-state index is 13.8. The Morgan fingerprint density at radius 1 is 0.500 bits per heavy atom. The van der Waals surface area contributed by atoms with Crippen LogP contribution in [0.15, 0.2) is 72.8 Å². The topological polar surface area (TPSA) is 166 Å². The van der Waals surface area contributed by atoms with Gasteiger partial charge in [0.2, 0.25) is 0 Å². The van der Waals surface area contributed by atoms with Gasteiger partial charge in [0.1, 0.15) is 17.2 Å². The molecule has 3 unspecified atom stereocenters. The highest BCUT2D eigenvalue weighted by atomic mass is 31.2. The molecular weight excluding hydrogens is 515 g/mol. The maximum Gasteiger partial charge on any atom is 0.647 e. The molecule has 0 fully saturated rings. The molecule has 206 valence electrons. The molecule has 0 bridgehead atoms. The van der Waals surface area contributed by atoms with Crippen molar-refractivity contribution in [3.8, 4) is 17.2 Å². The number of phosphoric acid groups is 1. The molecule has 0 heterocycles. The van der Waals surface area contributed by atoms with Gasteiger partial charge in [0.15, 0.2) is 0 Å². The Hall–Kier alpha value is -2.95. The van der Waals surface area contributed by atoms with Crippen molar-refractivity contribution in [2.24, 2.45) is 0 Å². The summed E-state index contributed by atoms with van der Waals surface area (Å²) in [4.78, 5) is 0. The molecule has 6 N–H and O–H groups in total. The Morgan fingerprint density at radius 3 is 0.947 bits per heavy atom. The summed E-state index contributed by atoms with van der Waals surface area (Å²) in [6.45, 7) is -1.11. The van der Waals surface area contributed by atoms with E-state index >= 15 is 0 Å². The van der Waals surface area contributed by atoms with Gasteiger partial charge in [-0.3, -0.25) is 0 Å². The molecule has 0 saturated heterocycles. The fraction of sp³-hybridized carbons (Fsp3) is 0.333. The normalized spacial score (nSPS) is 15.2. The highest BCUT2D eigenvalue weighted by Crippen LogP contribution is 2.49. The van der Waals surface area contributed by atoms with E-state index in [1.165, 1.54) is 36.4 Å². The summed E-state index contributed by atoms with van der Waals surface area (Å²) in [6.07, 6.45) is -2.00. The van der Waals surface area contributed by atoms with Crippen LogP contribution in [-0.2, 0) is 23.8 Å². The summed E-state index contributed by atoms with van der Waals surface area (Å²) in [5, 5.41) is 56.0. The number of hydrogen-bond acceptors (Lipinski definition) is 10. The van der Waals surface area contributed by atoms with Crippen LogP contribution in [0.25, 0.3) is 0 Å². The molecule has 0 aliphatic heterocycles. The zero-order chi connectivity index (χ0) is 27.5. The third-order valence-corrected chi connectivity index (χ3v) is 6.77. The maximum absolute atomic E-state index is 13.8. The second kappa shape index (κ2) is 14.3. The first-order chi connectivity index (χ1) is 18.2. The van der Waals surface area contributed by atoms with Gasteiger partial charge in [-0.25, -0.2) is 0 Å². The molecular formula is C27H33O10P. The Labute approximate surface area is 220 Å². The summed E-state index contributed by atoms with van der Waals surface area (Å²) in [5.41, 5.74) is 2.20. The van der Waals surface area contributed by atoms with Gasteiger partial charge < -0.3 is 44.2 Å². The first-order valence-corrected chi connectivity index (χ1v) is 13.5. The van der Waals surface area contributed by atoms with E-state index in [-0.39, 0.29) is 56.3 Å². The molecule has 3 aromatic rings. The minimum Gasteiger partial charge on any atom is -0.394 e. The lowest BCUT2D eigenvalue weighted by Crippen LogP contribution is -2.15. The van der Waals surface area contributed by atoms with Gasteiger partial charge in [-0.2, -0.15) is 4.57 Å². The van der Waals surface area contributed by atoms with Crippen molar-refractivity contribution >= 4 is 7.82 Å². The lowest BCUT2D eigenvalue weighted by molar-refractivity contribution is 0.0954. The van der Waals surface area contributed by atoms with Crippen LogP contribution in [0.2, 0.25) is 0 Å². The number of benzene rings is 3. The first kappa shape index (κ1) is 29.6. The van der Waals surface area contributed by atoms with Gasteiger partial charge in [-0.05, 0) is 53.1 Å². The van der Waals surface area contributed by atoms with Crippen molar-refractivity contribution in [2.75, 3.05) is 19.8 Å². The van der Waals surface area contributed by atoms with E-state index < -0.39 is 26.1 Å². The zero-order valence-electron chi connectivity index (χ0n) is 20.7. The van der Waals surface area contributed by atoms with Crippen molar-refractivity contribution in [3.05, 3.63) is 89.5 Å². The molecule has 11 heteroatoms. The van der Waals surface area contributed by atoms with Gasteiger partial charge in [0.05, 0.1) is 38.1 Å². The minimum atomic E-state index is -4.30. The fourth-order valence-electron chi connectivity index (χ4n) is 3.51. The molecule has 0 aliphatic carbocycles. The molecule has 0 radical (unpaired) electrons. The smallest absolute Gasteiger partial charge is 0.394 e. The zero-order valence-corrected chi connectivity index (χ0v) is 21.6. The third kappa shape index (κ3) is 9.41. The number of hydrogen-bond donors (Lipinski definition) is 6. The highest BCUT2D eigenvalue weighted by Gasteiger charge is 2.33. The Morgan fingerprint density at radius 2 is 0.737 bits per heavy atom. The molecule has 10 nitrogen and oxygen atoms in total. The summed E-state index contributed by atoms with van der Waals surface area (Å²) in [6, 6.07) is 19.2. The van der Waals surface area contributed by atoms with Crippen molar-refractivity contribution in [2.45, 2.75) is 37.6 Å². The molecule has 0 spiro atoms. The summed E-state index contributed by atoms with van der Waals surface area (Å²) in [7, 11) is -4.30. The predicted octanol–water partition coefficient (Wildman–Crippen LogP) is 2.02. The molecule has 0 aromatic heterocycles. The second-order valence-electron chi connectivity index (χ2n) is 8.77. The second-order valence-corrected chi connectivity index (χ2v) is 10.2. The molecule has 0 amide bonds. The van der Waals surface area contributed by atoms with Crippen LogP contribution in [0.5, 0.6) is 17.2 Å². The largest absolute Gasteiger partial charge is 0.647 e. The van der Waals surface area contributed by atoms with Crippen molar-refractivity contribution in [3.63, 3.8) is 0 Å². The quantitative estimate of drug-likeness (QED) is 0.155. The third-order valence-electron chi connectivity index (χ3n) is 5.47. The van der Waals surface area contributed by atoms with E-state index in [4.69, 9.17) is 28.9 Å². The number of rotatable bonds is 15. The molecule has 0 aliphatic rings. The van der Waals surface area contributed by atoms with E-state index in [2.05, 4.69) is 0 Å². The Balaban J connectivity index is 1.80. The van der Waals surface area contributed by atoms with Gasteiger partial charge in [0, 0.05) is 19.3 Å². The van der Waals surface area contributed by atoms with Crippen LogP contribution in [0, 0.1) is 0 Å². The minimum absolute atomic E-state index is 0.181. The lowest BCUT2D eigenvalue weighted by atomic mass is 10.1. The van der Waals surface area contributed by atoms with Crippen molar-refractivity contribution in [1.82, 2.24) is 0 Å². The number of phosphoric ester groups is 1. The summed E-state index contributed by atoms with van der Waals surface area (Å²) < 4.78 is 30.8. The van der Waals surface area contributed by atoms with Crippen LogP contribution >= 0.6 is 7.82 Å². The van der Waals surface area contributed by atoms with Crippen LogP contribution in [-0.4, -0.2) is 68.8 Å². The van der Waals surface area contributed by atoms with Gasteiger partial charge >= 0.3 is 7.82 Å². The molecule has 3 aromatic carbocycles. The molecule has 38 heavy (non-hydrogen) atoms. The van der Waals surface area contributed by atoms with Crippen LogP contribution < -0.4 is 13.6 Å². The molecule has 0 saturated carbocycles. The standard InChI is InChI=1S/C27H33O10P/c28-16-22(31)13-19-1-7-25(8-2-19)35-38(34,36-26-9-3-20(4-10-26)14-23(32)17-29)37-27-11-5-21(6-12-27)15-24(33)18-30/h1-12,22-24,28-33H,13-18H2. The van der Waals surface area contributed by atoms with Crippen LogP contribution in [0.1, 0.15) is 16.7 Å². The summed E-state index contributed by atoms with van der Waals surface area (Å²) >= 11 is 0. The van der Waals surface area contributed by atoms with Gasteiger partial charge in [-0.1, -0.05) is 36.4 Å².